The lowest BCUT2D eigenvalue weighted by Gasteiger charge is -2.63. The smallest absolute Gasteiger partial charge is 0.306 e. The fourth-order valence-corrected chi connectivity index (χ4v) is 10.1. The van der Waals surface area contributed by atoms with Crippen molar-refractivity contribution < 1.29 is 24.5 Å². The molecule has 4 rings (SSSR count). The molecule has 4 aliphatic carbocycles. The lowest BCUT2D eigenvalue weighted by Crippen LogP contribution is -2.60. The molecule has 4 fully saturated rings. The van der Waals surface area contributed by atoms with Crippen LogP contribution in [0.4, 0.5) is 0 Å². The molecule has 35 heavy (non-hydrogen) atoms. The second-order valence-corrected chi connectivity index (χ2v) is 13.8. The number of hydrogen-bond acceptors (Lipinski definition) is 4. The van der Waals surface area contributed by atoms with Crippen LogP contribution >= 0.6 is 0 Å². The number of ether oxygens (including phenoxy) is 1. The minimum absolute atomic E-state index is 0.0735. The van der Waals surface area contributed by atoms with Crippen molar-refractivity contribution in [1.82, 2.24) is 0 Å². The van der Waals surface area contributed by atoms with Crippen molar-refractivity contribution in [3.8, 4) is 0 Å². The SMILES string of the molecule is CC(=O)OC1CC2(C)C(CC(O)C3C2CCC2[C@H](C)CCCC32C)C1C(CCCC(C)C)C(=O)O. The molecular formula is C30H50O5. The highest BCUT2D eigenvalue weighted by atomic mass is 16.5. The summed E-state index contributed by atoms with van der Waals surface area (Å²) >= 11 is 0. The molecule has 0 aliphatic heterocycles. The van der Waals surface area contributed by atoms with Crippen LogP contribution in [0.25, 0.3) is 0 Å². The summed E-state index contributed by atoms with van der Waals surface area (Å²) in [5.74, 6) is 0.748. The van der Waals surface area contributed by atoms with Gasteiger partial charge in [0.25, 0.3) is 0 Å². The lowest BCUT2D eigenvalue weighted by atomic mass is 9.42. The molecule has 0 aromatic rings. The molecule has 0 radical (unpaired) electrons. The Labute approximate surface area is 212 Å². The van der Waals surface area contributed by atoms with E-state index >= 15 is 0 Å². The van der Waals surface area contributed by atoms with Crippen LogP contribution in [0.2, 0.25) is 0 Å². The van der Waals surface area contributed by atoms with Gasteiger partial charge < -0.3 is 14.9 Å². The normalized spacial score (nSPS) is 45.8. The topological polar surface area (TPSA) is 83.8 Å². The van der Waals surface area contributed by atoms with E-state index in [9.17, 15) is 19.8 Å². The number of aliphatic hydroxyl groups excluding tert-OH is 1. The summed E-state index contributed by atoms with van der Waals surface area (Å²) in [6.45, 7) is 13.0. The van der Waals surface area contributed by atoms with E-state index < -0.39 is 18.0 Å². The van der Waals surface area contributed by atoms with Crippen LogP contribution in [0.3, 0.4) is 0 Å². The van der Waals surface area contributed by atoms with Crippen LogP contribution < -0.4 is 0 Å². The highest BCUT2D eigenvalue weighted by Crippen LogP contribution is 2.69. The van der Waals surface area contributed by atoms with Gasteiger partial charge in [-0.25, -0.2) is 0 Å². The van der Waals surface area contributed by atoms with Gasteiger partial charge in [-0.3, -0.25) is 9.59 Å². The fourth-order valence-electron chi connectivity index (χ4n) is 10.1. The largest absolute Gasteiger partial charge is 0.481 e. The fraction of sp³-hybridized carbons (Fsp3) is 0.933. The first-order valence-corrected chi connectivity index (χ1v) is 14.5. The average Bonchev–Trinajstić information content (AvgIpc) is 3.01. The monoisotopic (exact) mass is 490 g/mol. The first-order chi connectivity index (χ1) is 16.4. The van der Waals surface area contributed by atoms with Gasteiger partial charge in [-0.1, -0.05) is 60.3 Å². The highest BCUT2D eigenvalue weighted by molar-refractivity contribution is 5.71. The van der Waals surface area contributed by atoms with Crippen LogP contribution in [-0.2, 0) is 14.3 Å². The van der Waals surface area contributed by atoms with E-state index in [1.54, 1.807) is 0 Å². The molecule has 0 aromatic heterocycles. The van der Waals surface area contributed by atoms with E-state index in [0.29, 0.717) is 36.5 Å². The molecule has 11 atom stereocenters. The number of carboxylic acids is 1. The Morgan fingerprint density at radius 2 is 1.71 bits per heavy atom. The maximum Gasteiger partial charge on any atom is 0.306 e. The Bertz CT molecular complexity index is 794. The van der Waals surface area contributed by atoms with E-state index in [-0.39, 0.29) is 40.7 Å². The Balaban J connectivity index is 1.68. The van der Waals surface area contributed by atoms with E-state index in [4.69, 9.17) is 4.74 Å². The van der Waals surface area contributed by atoms with E-state index in [1.165, 1.54) is 32.6 Å². The predicted molar refractivity (Wildman–Crippen MR) is 137 cm³/mol. The maximum absolute atomic E-state index is 12.6. The molecule has 4 aliphatic rings. The zero-order valence-electron chi connectivity index (χ0n) is 23.0. The number of aliphatic carboxylic acids is 1. The van der Waals surface area contributed by atoms with Gasteiger partial charge in [0, 0.05) is 12.8 Å². The van der Waals surface area contributed by atoms with Gasteiger partial charge in [0.05, 0.1) is 12.0 Å². The standard InChI is InChI=1S/C30H50O5/c1-17(2)9-7-11-20(28(33)34)26-23-15-24(32)27-22(30(23,6)16-25(26)35-19(4)31)13-12-21-18(3)10-8-14-29(21,27)5/h17-18,20-27,32H,7-16H2,1-6H3,(H,33,34)/t18-,20?,21?,22?,23?,24?,25?,26?,27?,29?,30?/m1/s1. The van der Waals surface area contributed by atoms with E-state index in [2.05, 4.69) is 34.6 Å². The molecule has 0 spiro atoms. The molecule has 5 heteroatoms. The first kappa shape index (κ1) is 26.9. The van der Waals surface area contributed by atoms with Gasteiger partial charge in [-0.15, -0.1) is 0 Å². The summed E-state index contributed by atoms with van der Waals surface area (Å²) < 4.78 is 5.92. The summed E-state index contributed by atoms with van der Waals surface area (Å²) in [7, 11) is 0. The van der Waals surface area contributed by atoms with Gasteiger partial charge in [0.1, 0.15) is 6.10 Å². The van der Waals surface area contributed by atoms with Crippen molar-refractivity contribution in [1.29, 1.82) is 0 Å². The zero-order chi connectivity index (χ0) is 25.7. The number of carbonyl (C=O) groups excluding carboxylic acids is 1. The predicted octanol–water partition coefficient (Wildman–Crippen LogP) is 6.32. The van der Waals surface area contributed by atoms with Crippen molar-refractivity contribution in [2.75, 3.05) is 0 Å². The highest BCUT2D eigenvalue weighted by Gasteiger charge is 2.67. The summed E-state index contributed by atoms with van der Waals surface area (Å²) in [6.07, 6.45) is 9.11. The number of hydrogen-bond donors (Lipinski definition) is 2. The molecule has 2 N–H and O–H groups in total. The third kappa shape index (κ3) is 4.68. The third-order valence-corrected chi connectivity index (χ3v) is 11.4. The second kappa shape index (κ2) is 9.99. The molecule has 10 unspecified atom stereocenters. The van der Waals surface area contributed by atoms with Crippen LogP contribution in [-0.4, -0.2) is 34.4 Å². The van der Waals surface area contributed by atoms with E-state index in [1.807, 2.05) is 0 Å². The number of aliphatic hydroxyl groups is 1. The van der Waals surface area contributed by atoms with Gasteiger partial charge in [0.2, 0.25) is 0 Å². The Morgan fingerprint density at radius 3 is 2.34 bits per heavy atom. The average molecular weight is 491 g/mol. The molecule has 5 nitrogen and oxygen atoms in total. The number of carboxylic acid groups (broad SMARTS) is 1. The summed E-state index contributed by atoms with van der Waals surface area (Å²) in [6, 6.07) is 0. The van der Waals surface area contributed by atoms with Crippen LogP contribution in [0.1, 0.15) is 106 Å². The van der Waals surface area contributed by atoms with Crippen molar-refractivity contribution in [2.45, 2.75) is 118 Å². The minimum Gasteiger partial charge on any atom is -0.481 e. The molecule has 0 bridgehead atoms. The summed E-state index contributed by atoms with van der Waals surface area (Å²) in [5, 5.41) is 22.1. The zero-order valence-corrected chi connectivity index (χ0v) is 23.0. The number of rotatable bonds is 7. The number of fused-ring (bicyclic) bond motifs is 5. The molecular weight excluding hydrogens is 440 g/mol. The Hall–Kier alpha value is -1.10. The van der Waals surface area contributed by atoms with Crippen LogP contribution in [0.15, 0.2) is 0 Å². The second-order valence-electron chi connectivity index (χ2n) is 13.8. The molecule has 0 heterocycles. The van der Waals surface area contributed by atoms with Crippen LogP contribution in [0, 0.1) is 58.2 Å². The third-order valence-electron chi connectivity index (χ3n) is 11.4. The summed E-state index contributed by atoms with van der Waals surface area (Å²) in [5.41, 5.74) is 0.0432. The Morgan fingerprint density at radius 1 is 1.03 bits per heavy atom. The van der Waals surface area contributed by atoms with Gasteiger partial charge >= 0.3 is 11.9 Å². The number of carbonyl (C=O) groups is 2. The van der Waals surface area contributed by atoms with Crippen molar-refractivity contribution in [3.05, 3.63) is 0 Å². The van der Waals surface area contributed by atoms with Crippen molar-refractivity contribution in [3.63, 3.8) is 0 Å². The van der Waals surface area contributed by atoms with Gasteiger partial charge in [-0.2, -0.15) is 0 Å². The van der Waals surface area contributed by atoms with Gasteiger partial charge in [-0.05, 0) is 84.9 Å². The molecule has 200 valence electrons. The number of esters is 1. The molecule has 0 aromatic carbocycles. The Kier molecular flexibility index (Phi) is 7.69. The van der Waals surface area contributed by atoms with E-state index in [0.717, 1.165) is 25.7 Å². The van der Waals surface area contributed by atoms with Crippen LogP contribution in [0.5, 0.6) is 0 Å². The minimum atomic E-state index is -0.770. The maximum atomic E-state index is 12.6. The quantitative estimate of drug-likeness (QED) is 0.408. The van der Waals surface area contributed by atoms with Crippen molar-refractivity contribution >= 4 is 11.9 Å². The lowest BCUT2D eigenvalue weighted by molar-refractivity contribution is -0.186. The molecule has 0 saturated heterocycles. The molecule has 4 saturated carbocycles. The first-order valence-electron chi connectivity index (χ1n) is 14.5. The molecule has 0 amide bonds. The summed E-state index contributed by atoms with van der Waals surface area (Å²) in [4.78, 5) is 24.8. The van der Waals surface area contributed by atoms with Crippen molar-refractivity contribution in [2.24, 2.45) is 58.2 Å². The van der Waals surface area contributed by atoms with Gasteiger partial charge in [0.15, 0.2) is 0 Å².